The van der Waals surface area contributed by atoms with E-state index in [0.29, 0.717) is 13.2 Å². The Morgan fingerprint density at radius 3 is 2.65 bits per heavy atom. The second-order valence-corrected chi connectivity index (χ2v) is 5.22. The van der Waals surface area contributed by atoms with E-state index in [0.717, 1.165) is 30.0 Å². The molecule has 0 fully saturated rings. The molecule has 3 heteroatoms. The van der Waals surface area contributed by atoms with E-state index in [-0.39, 0.29) is 5.41 Å². The lowest BCUT2D eigenvalue weighted by molar-refractivity contribution is 0.231. The van der Waals surface area contributed by atoms with Crippen molar-refractivity contribution in [3.8, 4) is 5.75 Å². The second-order valence-electron chi connectivity index (χ2n) is 5.22. The van der Waals surface area contributed by atoms with Crippen LogP contribution >= 0.6 is 0 Å². The minimum Gasteiger partial charge on any atom is -0.492 e. The van der Waals surface area contributed by atoms with E-state index in [2.05, 4.69) is 25.8 Å². The molecule has 3 nitrogen and oxygen atoms in total. The van der Waals surface area contributed by atoms with Crippen molar-refractivity contribution in [2.75, 3.05) is 13.2 Å². The highest BCUT2D eigenvalue weighted by Crippen LogP contribution is 2.21. The largest absolute Gasteiger partial charge is 0.492 e. The molecule has 0 atom stereocenters. The molecule has 2 N–H and O–H groups in total. The Bertz CT molecular complexity index is 361. The normalized spacial score (nSPS) is 11.6. The smallest absolute Gasteiger partial charge is 0.140 e. The number of pyridine rings is 1. The highest BCUT2D eigenvalue weighted by atomic mass is 16.5. The van der Waals surface area contributed by atoms with Crippen molar-refractivity contribution in [3.05, 3.63) is 23.5 Å². The second kappa shape index (κ2) is 6.01. The average Bonchev–Trinajstić information content (AvgIpc) is 2.30. The van der Waals surface area contributed by atoms with Gasteiger partial charge in [-0.05, 0) is 43.9 Å². The zero-order chi connectivity index (χ0) is 12.9. The summed E-state index contributed by atoms with van der Waals surface area (Å²) >= 11 is 0. The molecule has 96 valence electrons. The molecule has 1 heterocycles. The van der Waals surface area contributed by atoms with Crippen LogP contribution < -0.4 is 10.5 Å². The summed E-state index contributed by atoms with van der Waals surface area (Å²) in [4.78, 5) is 4.48. The fourth-order valence-corrected chi connectivity index (χ4v) is 1.52. The predicted molar refractivity (Wildman–Crippen MR) is 71.3 cm³/mol. The maximum atomic E-state index is 5.80. The molecule has 0 spiro atoms. The van der Waals surface area contributed by atoms with Crippen molar-refractivity contribution in [3.63, 3.8) is 0 Å². The highest BCUT2D eigenvalue weighted by molar-refractivity contribution is 5.29. The minimum atomic E-state index is 0.143. The number of hydrogen-bond acceptors (Lipinski definition) is 3. The van der Waals surface area contributed by atoms with Crippen LogP contribution in [0.4, 0.5) is 0 Å². The maximum Gasteiger partial charge on any atom is 0.140 e. The third kappa shape index (κ3) is 4.35. The molecular formula is C14H24N2O. The molecule has 0 aliphatic carbocycles. The van der Waals surface area contributed by atoms with Crippen LogP contribution in [0.2, 0.25) is 0 Å². The first kappa shape index (κ1) is 14.0. The van der Waals surface area contributed by atoms with E-state index in [1.807, 2.05) is 19.1 Å². The number of nitrogens with zero attached hydrogens (tertiary/aromatic N) is 1. The number of hydrogen-bond donors (Lipinski definition) is 1. The molecule has 0 unspecified atom stereocenters. The fraction of sp³-hybridized carbons (Fsp3) is 0.643. The van der Waals surface area contributed by atoms with E-state index in [4.69, 9.17) is 10.5 Å². The average molecular weight is 236 g/mol. The summed E-state index contributed by atoms with van der Waals surface area (Å²) in [6, 6.07) is 4.00. The van der Waals surface area contributed by atoms with Gasteiger partial charge in [0.05, 0.1) is 12.3 Å². The highest BCUT2D eigenvalue weighted by Gasteiger charge is 2.15. The third-order valence-electron chi connectivity index (χ3n) is 3.00. The summed E-state index contributed by atoms with van der Waals surface area (Å²) in [5.41, 5.74) is 7.91. The predicted octanol–water partition coefficient (Wildman–Crippen LogP) is 2.71. The number of nitrogens with two attached hydrogens (primary N) is 1. The Kier molecular flexibility index (Phi) is 4.94. The van der Waals surface area contributed by atoms with Gasteiger partial charge in [0, 0.05) is 5.69 Å². The van der Waals surface area contributed by atoms with Crippen molar-refractivity contribution in [2.45, 2.75) is 40.5 Å². The summed E-state index contributed by atoms with van der Waals surface area (Å²) in [6.45, 7) is 9.79. The molecule has 1 aromatic heterocycles. The summed E-state index contributed by atoms with van der Waals surface area (Å²) in [7, 11) is 0. The first-order valence-electron chi connectivity index (χ1n) is 6.28. The molecule has 0 aliphatic heterocycles. The van der Waals surface area contributed by atoms with E-state index in [1.54, 1.807) is 0 Å². The number of aryl methyl sites for hydroxylation is 2. The van der Waals surface area contributed by atoms with Crippen molar-refractivity contribution < 1.29 is 4.74 Å². The molecule has 0 amide bonds. The number of rotatable bonds is 6. The van der Waals surface area contributed by atoms with Gasteiger partial charge in [-0.25, -0.2) is 0 Å². The summed E-state index contributed by atoms with van der Waals surface area (Å²) < 4.78 is 5.80. The van der Waals surface area contributed by atoms with Crippen molar-refractivity contribution in [1.29, 1.82) is 0 Å². The van der Waals surface area contributed by atoms with Crippen molar-refractivity contribution >= 4 is 0 Å². The quantitative estimate of drug-likeness (QED) is 0.826. The van der Waals surface area contributed by atoms with Crippen LogP contribution in [0.1, 0.15) is 38.6 Å². The molecule has 0 aromatic carbocycles. The Balaban J connectivity index is 2.57. The van der Waals surface area contributed by atoms with Gasteiger partial charge in [-0.3, -0.25) is 4.98 Å². The van der Waals surface area contributed by atoms with Crippen LogP contribution in [-0.2, 0) is 6.42 Å². The summed E-state index contributed by atoms with van der Waals surface area (Å²) in [5, 5.41) is 0. The first-order valence-corrected chi connectivity index (χ1v) is 6.28. The molecule has 1 rings (SSSR count). The molecule has 0 saturated heterocycles. The van der Waals surface area contributed by atoms with Gasteiger partial charge in [0.15, 0.2) is 0 Å². The molecule has 0 bridgehead atoms. The summed E-state index contributed by atoms with van der Waals surface area (Å²) in [6.07, 6.45) is 1.86. The molecule has 17 heavy (non-hydrogen) atoms. The van der Waals surface area contributed by atoms with Gasteiger partial charge in [0.25, 0.3) is 0 Å². The first-order chi connectivity index (χ1) is 7.98. The van der Waals surface area contributed by atoms with E-state index >= 15 is 0 Å². The van der Waals surface area contributed by atoms with Gasteiger partial charge in [-0.1, -0.05) is 20.8 Å². The van der Waals surface area contributed by atoms with Gasteiger partial charge in [0.2, 0.25) is 0 Å². The zero-order valence-electron chi connectivity index (χ0n) is 11.4. The Morgan fingerprint density at radius 2 is 2.06 bits per heavy atom. The van der Waals surface area contributed by atoms with E-state index in [9.17, 15) is 0 Å². The van der Waals surface area contributed by atoms with Crippen LogP contribution in [0.5, 0.6) is 5.75 Å². The maximum absolute atomic E-state index is 5.80. The monoisotopic (exact) mass is 236 g/mol. The molecule has 1 aromatic rings. The summed E-state index contributed by atoms with van der Waals surface area (Å²) in [5.74, 6) is 0.908. The minimum absolute atomic E-state index is 0.143. The van der Waals surface area contributed by atoms with Crippen molar-refractivity contribution in [1.82, 2.24) is 4.98 Å². The lowest BCUT2D eigenvalue weighted by Crippen LogP contribution is -2.25. The standard InChI is InChI=1S/C14H24N2O/c1-5-12-13(7-6-11(2)16-12)17-9-8-14(3,4)10-15/h6-7H,5,8-10,15H2,1-4H3. The lowest BCUT2D eigenvalue weighted by atomic mass is 9.90. The molecule has 0 saturated carbocycles. The van der Waals surface area contributed by atoms with Gasteiger partial charge in [0.1, 0.15) is 5.75 Å². The molecular weight excluding hydrogens is 212 g/mol. The van der Waals surface area contributed by atoms with Crippen LogP contribution in [0.3, 0.4) is 0 Å². The van der Waals surface area contributed by atoms with Gasteiger partial charge in [-0.2, -0.15) is 0 Å². The van der Waals surface area contributed by atoms with E-state index in [1.165, 1.54) is 0 Å². The number of aromatic nitrogens is 1. The Labute approximate surface area is 104 Å². The third-order valence-corrected chi connectivity index (χ3v) is 3.00. The zero-order valence-corrected chi connectivity index (χ0v) is 11.4. The molecule has 0 radical (unpaired) electrons. The van der Waals surface area contributed by atoms with Crippen LogP contribution in [0.15, 0.2) is 12.1 Å². The lowest BCUT2D eigenvalue weighted by Gasteiger charge is -2.22. The van der Waals surface area contributed by atoms with Gasteiger partial charge < -0.3 is 10.5 Å². The SMILES string of the molecule is CCc1nc(C)ccc1OCCC(C)(C)CN. The Hall–Kier alpha value is -1.09. The van der Waals surface area contributed by atoms with Crippen LogP contribution in [0.25, 0.3) is 0 Å². The van der Waals surface area contributed by atoms with E-state index < -0.39 is 0 Å². The Morgan fingerprint density at radius 1 is 1.35 bits per heavy atom. The van der Waals surface area contributed by atoms with Gasteiger partial charge >= 0.3 is 0 Å². The van der Waals surface area contributed by atoms with Crippen molar-refractivity contribution in [2.24, 2.45) is 11.1 Å². The van der Waals surface area contributed by atoms with Crippen LogP contribution in [-0.4, -0.2) is 18.1 Å². The molecule has 0 aliphatic rings. The van der Waals surface area contributed by atoms with Crippen LogP contribution in [0, 0.1) is 12.3 Å². The van der Waals surface area contributed by atoms with Gasteiger partial charge in [-0.15, -0.1) is 0 Å². The fourth-order valence-electron chi connectivity index (χ4n) is 1.52. The number of ether oxygens (including phenoxy) is 1. The topological polar surface area (TPSA) is 48.1 Å².